The summed E-state index contributed by atoms with van der Waals surface area (Å²) in [6.45, 7) is 2.02. The van der Waals surface area contributed by atoms with Crippen LogP contribution in [-0.4, -0.2) is 17.0 Å². The molecule has 1 amide bonds. The van der Waals surface area contributed by atoms with Crippen LogP contribution in [0.2, 0.25) is 0 Å². The standard InChI is InChI=1S/C22H17NO5/c1-12-4-2-3-5-13(12)10-14-6-8-17-19(24)16-9-7-15(23-21(25)22(26)27)11-18(16)28-20(14)17/h2-5,7,9-11H,6,8H2,1H3,(H,23,25)(H,26,27)/b14-10+. The molecule has 0 saturated heterocycles. The Morgan fingerprint density at radius 1 is 1.14 bits per heavy atom. The van der Waals surface area contributed by atoms with Crippen LogP contribution in [0, 0.1) is 6.92 Å². The van der Waals surface area contributed by atoms with Gasteiger partial charge in [0, 0.05) is 17.3 Å². The highest BCUT2D eigenvalue weighted by atomic mass is 16.4. The third kappa shape index (κ3) is 3.09. The molecule has 3 aromatic rings. The van der Waals surface area contributed by atoms with Crippen LogP contribution in [-0.2, 0) is 16.0 Å². The number of aliphatic carboxylic acids is 1. The van der Waals surface area contributed by atoms with Gasteiger partial charge >= 0.3 is 11.9 Å². The van der Waals surface area contributed by atoms with Crippen molar-refractivity contribution in [1.29, 1.82) is 0 Å². The highest BCUT2D eigenvalue weighted by molar-refractivity contribution is 6.36. The molecule has 0 radical (unpaired) electrons. The number of aryl methyl sites for hydroxylation is 1. The number of amides is 1. The van der Waals surface area contributed by atoms with E-state index in [1.165, 1.54) is 12.1 Å². The lowest BCUT2D eigenvalue weighted by Gasteiger charge is -2.07. The van der Waals surface area contributed by atoms with Crippen molar-refractivity contribution in [2.45, 2.75) is 19.8 Å². The fourth-order valence-corrected chi connectivity index (χ4v) is 3.43. The summed E-state index contributed by atoms with van der Waals surface area (Å²) >= 11 is 0. The molecule has 0 atom stereocenters. The number of carboxylic acid groups (broad SMARTS) is 1. The van der Waals surface area contributed by atoms with Crippen LogP contribution in [0.25, 0.3) is 22.6 Å². The number of rotatable bonds is 2. The molecule has 1 aliphatic rings. The Labute approximate surface area is 160 Å². The van der Waals surface area contributed by atoms with Crippen molar-refractivity contribution in [3.05, 3.63) is 75.1 Å². The lowest BCUT2D eigenvalue weighted by atomic mass is 10.0. The van der Waals surface area contributed by atoms with E-state index < -0.39 is 11.9 Å². The smallest absolute Gasteiger partial charge is 0.394 e. The van der Waals surface area contributed by atoms with Crippen molar-refractivity contribution in [2.75, 3.05) is 5.32 Å². The SMILES string of the molecule is Cc1ccccc1/C=C1\CCc2c1oc1cc(NC(=O)C(=O)O)ccc1c2=O. The summed E-state index contributed by atoms with van der Waals surface area (Å²) in [5.41, 5.74) is 4.26. The second kappa shape index (κ2) is 6.81. The predicted octanol–water partition coefficient (Wildman–Crippen LogP) is 3.61. The first-order valence-corrected chi connectivity index (χ1v) is 8.84. The number of allylic oxidation sites excluding steroid dienone is 1. The highest BCUT2D eigenvalue weighted by Crippen LogP contribution is 2.35. The topological polar surface area (TPSA) is 96.6 Å². The third-order valence-corrected chi connectivity index (χ3v) is 4.89. The molecule has 4 rings (SSSR count). The van der Waals surface area contributed by atoms with Crippen molar-refractivity contribution in [3.8, 4) is 0 Å². The highest BCUT2D eigenvalue weighted by Gasteiger charge is 2.24. The number of hydrogen-bond acceptors (Lipinski definition) is 4. The van der Waals surface area contributed by atoms with Gasteiger partial charge < -0.3 is 14.8 Å². The zero-order valence-electron chi connectivity index (χ0n) is 15.1. The monoisotopic (exact) mass is 375 g/mol. The van der Waals surface area contributed by atoms with Gasteiger partial charge in [-0.3, -0.25) is 9.59 Å². The van der Waals surface area contributed by atoms with E-state index in [9.17, 15) is 14.4 Å². The van der Waals surface area contributed by atoms with E-state index in [0.717, 1.165) is 16.7 Å². The van der Waals surface area contributed by atoms with Crippen LogP contribution in [0.4, 0.5) is 5.69 Å². The Morgan fingerprint density at radius 3 is 2.68 bits per heavy atom. The Hall–Kier alpha value is -3.67. The molecule has 1 aromatic heterocycles. The summed E-state index contributed by atoms with van der Waals surface area (Å²) in [7, 11) is 0. The van der Waals surface area contributed by atoms with Crippen molar-refractivity contribution >= 4 is 40.2 Å². The van der Waals surface area contributed by atoms with E-state index >= 15 is 0 Å². The second-order valence-corrected chi connectivity index (χ2v) is 6.74. The Kier molecular flexibility index (Phi) is 4.31. The van der Waals surface area contributed by atoms with E-state index in [2.05, 4.69) is 5.32 Å². The van der Waals surface area contributed by atoms with Gasteiger partial charge in [-0.05, 0) is 54.7 Å². The molecule has 0 unspecified atom stereocenters. The summed E-state index contributed by atoms with van der Waals surface area (Å²) in [6.07, 6.45) is 3.36. The molecule has 0 bridgehead atoms. The van der Waals surface area contributed by atoms with E-state index in [1.54, 1.807) is 6.07 Å². The molecular formula is C22H17NO5. The maximum Gasteiger partial charge on any atom is 0.394 e. The van der Waals surface area contributed by atoms with Gasteiger partial charge in [0.1, 0.15) is 11.3 Å². The summed E-state index contributed by atoms with van der Waals surface area (Å²) < 4.78 is 6.03. The van der Waals surface area contributed by atoms with Crippen LogP contribution in [0.3, 0.4) is 0 Å². The summed E-state index contributed by atoms with van der Waals surface area (Å²) in [5.74, 6) is -2.18. The number of fused-ring (bicyclic) bond motifs is 2. The van der Waals surface area contributed by atoms with Crippen molar-refractivity contribution in [1.82, 2.24) is 0 Å². The number of hydrogen-bond donors (Lipinski definition) is 2. The van der Waals surface area contributed by atoms with Crippen LogP contribution < -0.4 is 10.7 Å². The number of benzene rings is 2. The quantitative estimate of drug-likeness (QED) is 0.667. The van der Waals surface area contributed by atoms with Crippen LogP contribution in [0.1, 0.15) is 28.9 Å². The fraction of sp³-hybridized carbons (Fsp3) is 0.136. The van der Waals surface area contributed by atoms with Gasteiger partial charge in [-0.15, -0.1) is 0 Å². The zero-order chi connectivity index (χ0) is 19.8. The second-order valence-electron chi connectivity index (χ2n) is 6.74. The number of anilines is 1. The molecule has 0 fully saturated rings. The third-order valence-electron chi connectivity index (χ3n) is 4.89. The normalized spacial score (nSPS) is 14.2. The minimum absolute atomic E-state index is 0.0967. The molecule has 140 valence electrons. The van der Waals surface area contributed by atoms with Crippen molar-refractivity contribution in [2.24, 2.45) is 0 Å². The minimum atomic E-state index is -1.58. The van der Waals surface area contributed by atoms with E-state index in [-0.39, 0.29) is 11.1 Å². The molecule has 0 aliphatic heterocycles. The van der Waals surface area contributed by atoms with Gasteiger partial charge in [-0.1, -0.05) is 24.3 Å². The largest absolute Gasteiger partial charge is 0.474 e. The summed E-state index contributed by atoms with van der Waals surface area (Å²) in [6, 6.07) is 12.5. The summed E-state index contributed by atoms with van der Waals surface area (Å²) in [4.78, 5) is 35.0. The molecule has 2 aromatic carbocycles. The lowest BCUT2D eigenvalue weighted by Crippen LogP contribution is -2.21. The molecule has 0 saturated carbocycles. The number of carbonyl (C=O) groups is 2. The van der Waals surface area contributed by atoms with Crippen LogP contribution >= 0.6 is 0 Å². The first-order valence-electron chi connectivity index (χ1n) is 8.84. The first-order chi connectivity index (χ1) is 13.4. The molecule has 1 aliphatic carbocycles. The average molecular weight is 375 g/mol. The Bertz CT molecular complexity index is 1220. The molecule has 28 heavy (non-hydrogen) atoms. The average Bonchev–Trinajstić information content (AvgIpc) is 3.06. The number of nitrogens with one attached hydrogen (secondary N) is 1. The Morgan fingerprint density at radius 2 is 1.93 bits per heavy atom. The molecule has 6 nitrogen and oxygen atoms in total. The maximum atomic E-state index is 12.9. The predicted molar refractivity (Wildman–Crippen MR) is 106 cm³/mol. The van der Waals surface area contributed by atoms with Gasteiger partial charge in [0.25, 0.3) is 0 Å². The van der Waals surface area contributed by atoms with Gasteiger partial charge in [-0.25, -0.2) is 4.79 Å². The molecular weight excluding hydrogens is 358 g/mol. The summed E-state index contributed by atoms with van der Waals surface area (Å²) in [5, 5.41) is 11.4. The van der Waals surface area contributed by atoms with Gasteiger partial charge in [0.05, 0.1) is 5.39 Å². The van der Waals surface area contributed by atoms with Gasteiger partial charge in [0.2, 0.25) is 0 Å². The molecule has 0 spiro atoms. The number of carboxylic acids is 1. The number of carbonyl (C=O) groups excluding carboxylic acids is 1. The van der Waals surface area contributed by atoms with Gasteiger partial charge in [0.15, 0.2) is 5.43 Å². The van der Waals surface area contributed by atoms with E-state index in [1.807, 2.05) is 37.3 Å². The van der Waals surface area contributed by atoms with Crippen LogP contribution in [0.5, 0.6) is 0 Å². The molecule has 1 heterocycles. The zero-order valence-corrected chi connectivity index (χ0v) is 15.1. The first kappa shape index (κ1) is 17.7. The lowest BCUT2D eigenvalue weighted by molar-refractivity contribution is -0.147. The Balaban J connectivity index is 1.81. The van der Waals surface area contributed by atoms with E-state index in [0.29, 0.717) is 35.1 Å². The van der Waals surface area contributed by atoms with E-state index in [4.69, 9.17) is 9.52 Å². The molecule has 6 heteroatoms. The van der Waals surface area contributed by atoms with Crippen molar-refractivity contribution in [3.63, 3.8) is 0 Å². The van der Waals surface area contributed by atoms with Gasteiger partial charge in [-0.2, -0.15) is 0 Å². The van der Waals surface area contributed by atoms with Crippen molar-refractivity contribution < 1.29 is 19.1 Å². The fourth-order valence-electron chi connectivity index (χ4n) is 3.43. The minimum Gasteiger partial charge on any atom is -0.474 e. The van der Waals surface area contributed by atoms with Crippen LogP contribution in [0.15, 0.2) is 51.7 Å². The maximum absolute atomic E-state index is 12.9. The molecule has 2 N–H and O–H groups in total.